The lowest BCUT2D eigenvalue weighted by Gasteiger charge is -2.17. The lowest BCUT2D eigenvalue weighted by molar-refractivity contribution is 0.544. The van der Waals surface area contributed by atoms with E-state index in [1.165, 1.54) is 29.5 Å². The number of rotatable bonds is 2. The highest BCUT2D eigenvalue weighted by Gasteiger charge is 2.51. The van der Waals surface area contributed by atoms with Gasteiger partial charge in [-0.05, 0) is 47.3 Å². The van der Waals surface area contributed by atoms with Crippen LogP contribution in [-0.4, -0.2) is 0 Å². The molecular weight excluding hydrogens is 264 g/mol. The van der Waals surface area contributed by atoms with E-state index >= 15 is 0 Å². The van der Waals surface area contributed by atoms with Crippen LogP contribution in [0.5, 0.6) is 0 Å². The van der Waals surface area contributed by atoms with E-state index in [2.05, 4.69) is 79.7 Å². The van der Waals surface area contributed by atoms with Crippen LogP contribution in [0.1, 0.15) is 37.3 Å². The van der Waals surface area contributed by atoms with Crippen LogP contribution in [0, 0.1) is 11.3 Å². The molecule has 0 aromatic heterocycles. The zero-order valence-corrected chi connectivity index (χ0v) is 13.1. The van der Waals surface area contributed by atoms with Crippen LogP contribution in [0.15, 0.2) is 78.4 Å². The van der Waals surface area contributed by atoms with Gasteiger partial charge in [0.25, 0.3) is 0 Å². The molecule has 0 aliphatic heterocycles. The molecule has 22 heavy (non-hydrogen) atoms. The van der Waals surface area contributed by atoms with Crippen LogP contribution in [0.4, 0.5) is 0 Å². The molecule has 2 aromatic carbocycles. The van der Waals surface area contributed by atoms with Gasteiger partial charge < -0.3 is 0 Å². The van der Waals surface area contributed by atoms with E-state index in [1.54, 1.807) is 5.57 Å². The summed E-state index contributed by atoms with van der Waals surface area (Å²) in [5.41, 5.74) is 6.30. The molecule has 2 aliphatic carbocycles. The summed E-state index contributed by atoms with van der Waals surface area (Å²) in [4.78, 5) is 0. The highest BCUT2D eigenvalue weighted by atomic mass is 14.6. The SMILES string of the molecule is C[C@@]12CC=CCC(=C(c3ccccc3)c3ccccc3)[C@H]1C2. The topological polar surface area (TPSA) is 0 Å². The maximum atomic E-state index is 2.45. The molecule has 4 rings (SSSR count). The van der Waals surface area contributed by atoms with Gasteiger partial charge in [-0.15, -0.1) is 0 Å². The first-order valence-corrected chi connectivity index (χ1v) is 8.27. The molecule has 0 radical (unpaired) electrons. The van der Waals surface area contributed by atoms with E-state index in [4.69, 9.17) is 0 Å². The summed E-state index contributed by atoms with van der Waals surface area (Å²) >= 11 is 0. The van der Waals surface area contributed by atoms with Gasteiger partial charge >= 0.3 is 0 Å². The normalized spacial score (nSPS) is 26.2. The maximum Gasteiger partial charge on any atom is -0.0113 e. The fourth-order valence-corrected chi connectivity index (χ4v) is 3.91. The van der Waals surface area contributed by atoms with E-state index in [1.807, 2.05) is 0 Å². The van der Waals surface area contributed by atoms with Crippen LogP contribution in [0.25, 0.3) is 5.57 Å². The van der Waals surface area contributed by atoms with Gasteiger partial charge in [0.05, 0.1) is 0 Å². The molecular formula is C22H22. The van der Waals surface area contributed by atoms with Gasteiger partial charge in [0, 0.05) is 0 Å². The summed E-state index contributed by atoms with van der Waals surface area (Å²) in [5, 5.41) is 0. The fraction of sp³-hybridized carbons (Fsp3) is 0.273. The first kappa shape index (κ1) is 13.6. The molecule has 0 bridgehead atoms. The van der Waals surface area contributed by atoms with Gasteiger partial charge in [-0.1, -0.05) is 85.3 Å². The lowest BCUT2D eigenvalue weighted by Crippen LogP contribution is -2.01. The fourth-order valence-electron chi connectivity index (χ4n) is 3.91. The van der Waals surface area contributed by atoms with Crippen molar-refractivity contribution in [2.24, 2.45) is 11.3 Å². The Balaban J connectivity index is 1.91. The molecule has 0 spiro atoms. The molecule has 0 heteroatoms. The van der Waals surface area contributed by atoms with Gasteiger partial charge in [-0.3, -0.25) is 0 Å². The lowest BCUT2D eigenvalue weighted by atomic mass is 9.87. The molecule has 1 fully saturated rings. The van der Waals surface area contributed by atoms with Crippen molar-refractivity contribution in [3.8, 4) is 0 Å². The largest absolute Gasteiger partial charge is 0.0877 e. The zero-order chi connectivity index (χ0) is 15.0. The summed E-state index contributed by atoms with van der Waals surface area (Å²) in [6.07, 6.45) is 8.44. The molecule has 2 aliphatic rings. The van der Waals surface area contributed by atoms with Crippen molar-refractivity contribution in [1.29, 1.82) is 0 Å². The highest BCUT2D eigenvalue weighted by Crippen LogP contribution is 2.62. The summed E-state index contributed by atoms with van der Waals surface area (Å²) < 4.78 is 0. The third-order valence-corrected chi connectivity index (χ3v) is 5.31. The van der Waals surface area contributed by atoms with Gasteiger partial charge in [0.2, 0.25) is 0 Å². The quantitative estimate of drug-likeness (QED) is 0.606. The standard InChI is InChI=1S/C22H22/c1-22-15-9-8-14-19(20(22)16-22)21(17-10-4-2-5-11-17)18-12-6-3-7-13-18/h2-13,20H,14-16H2,1H3/t20-,22+/m1/s1. The molecule has 0 unspecified atom stereocenters. The minimum Gasteiger partial charge on any atom is -0.0877 e. The Labute approximate surface area is 133 Å². The summed E-state index contributed by atoms with van der Waals surface area (Å²) in [5.74, 6) is 0.748. The first-order valence-electron chi connectivity index (χ1n) is 8.27. The Morgan fingerprint density at radius 1 is 0.864 bits per heavy atom. The van der Waals surface area contributed by atoms with Crippen molar-refractivity contribution in [3.63, 3.8) is 0 Å². The van der Waals surface area contributed by atoms with Crippen molar-refractivity contribution in [2.75, 3.05) is 0 Å². The Hall–Kier alpha value is -2.08. The first-order chi connectivity index (χ1) is 10.8. The Kier molecular flexibility index (Phi) is 3.26. The van der Waals surface area contributed by atoms with E-state index < -0.39 is 0 Å². The van der Waals surface area contributed by atoms with Crippen LogP contribution < -0.4 is 0 Å². The maximum absolute atomic E-state index is 2.45. The molecule has 0 N–H and O–H groups in total. The van der Waals surface area contributed by atoms with Gasteiger partial charge in [0.15, 0.2) is 0 Å². The number of fused-ring (bicyclic) bond motifs is 1. The second-order valence-corrected chi connectivity index (χ2v) is 6.92. The predicted octanol–water partition coefficient (Wildman–Crippen LogP) is 5.86. The third-order valence-electron chi connectivity index (χ3n) is 5.31. The van der Waals surface area contributed by atoms with Crippen LogP contribution in [-0.2, 0) is 0 Å². The summed E-state index contributed by atoms with van der Waals surface area (Å²) in [6, 6.07) is 21.8. The van der Waals surface area contributed by atoms with Gasteiger partial charge in [0.1, 0.15) is 0 Å². The predicted molar refractivity (Wildman–Crippen MR) is 93.5 cm³/mol. The summed E-state index contributed by atoms with van der Waals surface area (Å²) in [6.45, 7) is 2.45. The molecule has 0 nitrogen and oxygen atoms in total. The molecule has 2 atom stereocenters. The van der Waals surface area contributed by atoms with Crippen molar-refractivity contribution >= 4 is 5.57 Å². The van der Waals surface area contributed by atoms with Gasteiger partial charge in [-0.2, -0.15) is 0 Å². The minimum atomic E-state index is 0.497. The third kappa shape index (κ3) is 2.33. The minimum absolute atomic E-state index is 0.497. The molecule has 0 saturated heterocycles. The van der Waals surface area contributed by atoms with Crippen LogP contribution in [0.2, 0.25) is 0 Å². The monoisotopic (exact) mass is 286 g/mol. The number of benzene rings is 2. The van der Waals surface area contributed by atoms with Crippen molar-refractivity contribution in [2.45, 2.75) is 26.2 Å². The van der Waals surface area contributed by atoms with Crippen molar-refractivity contribution < 1.29 is 0 Å². The zero-order valence-electron chi connectivity index (χ0n) is 13.1. The smallest absolute Gasteiger partial charge is 0.0113 e. The molecule has 0 heterocycles. The average molecular weight is 286 g/mol. The van der Waals surface area contributed by atoms with E-state index in [-0.39, 0.29) is 0 Å². The molecule has 1 saturated carbocycles. The van der Waals surface area contributed by atoms with Crippen LogP contribution in [0.3, 0.4) is 0 Å². The average Bonchev–Trinajstić information content (AvgIpc) is 3.25. The second kappa shape index (κ2) is 5.28. The van der Waals surface area contributed by atoms with E-state index in [0.717, 1.165) is 12.3 Å². The molecule has 110 valence electrons. The summed E-state index contributed by atoms with van der Waals surface area (Å²) in [7, 11) is 0. The number of hydrogen-bond acceptors (Lipinski definition) is 0. The molecule has 2 aromatic rings. The second-order valence-electron chi connectivity index (χ2n) is 6.92. The Morgan fingerprint density at radius 3 is 2.05 bits per heavy atom. The van der Waals surface area contributed by atoms with E-state index in [9.17, 15) is 0 Å². The highest BCUT2D eigenvalue weighted by molar-refractivity contribution is 5.83. The van der Waals surface area contributed by atoms with Crippen molar-refractivity contribution in [1.82, 2.24) is 0 Å². The van der Waals surface area contributed by atoms with Gasteiger partial charge in [-0.25, -0.2) is 0 Å². The Bertz CT molecular complexity index is 680. The number of hydrogen-bond donors (Lipinski definition) is 0. The van der Waals surface area contributed by atoms with Crippen molar-refractivity contribution in [3.05, 3.63) is 89.5 Å². The number of allylic oxidation sites excluding steroid dienone is 3. The van der Waals surface area contributed by atoms with Crippen LogP contribution >= 0.6 is 0 Å². The Morgan fingerprint density at radius 2 is 1.45 bits per heavy atom. The van der Waals surface area contributed by atoms with E-state index in [0.29, 0.717) is 5.41 Å². The molecule has 0 amide bonds.